The van der Waals surface area contributed by atoms with Gasteiger partial charge in [-0.3, -0.25) is 4.68 Å². The number of hydrogen-bond acceptors (Lipinski definition) is 5. The minimum atomic E-state index is -3.57. The molecule has 2 aromatic heterocycles. The molecule has 0 aliphatic rings. The molecule has 0 fully saturated rings. The predicted octanol–water partition coefficient (Wildman–Crippen LogP) is 0.954. The van der Waals surface area contributed by atoms with Crippen LogP contribution in [-0.2, 0) is 23.1 Å². The van der Waals surface area contributed by atoms with Crippen molar-refractivity contribution in [2.75, 3.05) is 13.6 Å². The van der Waals surface area contributed by atoms with Gasteiger partial charge in [-0.25, -0.2) is 8.42 Å². The lowest BCUT2D eigenvalue weighted by Crippen LogP contribution is -2.26. The van der Waals surface area contributed by atoms with Crippen molar-refractivity contribution >= 4 is 10.0 Å². The van der Waals surface area contributed by atoms with Crippen molar-refractivity contribution in [1.29, 1.82) is 0 Å². The summed E-state index contributed by atoms with van der Waals surface area (Å²) in [5.41, 5.74) is 5.43. The van der Waals surface area contributed by atoms with Crippen molar-refractivity contribution in [2.24, 2.45) is 5.73 Å². The summed E-state index contributed by atoms with van der Waals surface area (Å²) in [5, 5.41) is 4.05. The normalized spacial score (nSPS) is 12.2. The third kappa shape index (κ3) is 3.72. The Morgan fingerprint density at radius 3 is 2.81 bits per heavy atom. The molecule has 2 aromatic rings. The molecule has 0 bridgehead atoms. The van der Waals surface area contributed by atoms with Crippen LogP contribution in [0.3, 0.4) is 0 Å². The van der Waals surface area contributed by atoms with E-state index in [-0.39, 0.29) is 11.4 Å². The van der Waals surface area contributed by atoms with E-state index >= 15 is 0 Å². The van der Waals surface area contributed by atoms with E-state index in [0.717, 1.165) is 12.2 Å². The summed E-state index contributed by atoms with van der Waals surface area (Å²) >= 11 is 0. The molecule has 0 amide bonds. The maximum atomic E-state index is 12.4. The molecule has 8 heteroatoms. The highest BCUT2D eigenvalue weighted by Gasteiger charge is 2.23. The van der Waals surface area contributed by atoms with Gasteiger partial charge in [-0.1, -0.05) is 0 Å². The van der Waals surface area contributed by atoms with Gasteiger partial charge in [0, 0.05) is 19.8 Å². The molecule has 0 aliphatic carbocycles. The van der Waals surface area contributed by atoms with Crippen LogP contribution in [0.2, 0.25) is 0 Å². The average molecular weight is 312 g/mol. The Hall–Kier alpha value is -1.64. The SMILES string of the molecule is Cc1ccc(CN(C)S(=O)(=O)c2cnn(CCCN)c2)o1. The summed E-state index contributed by atoms with van der Waals surface area (Å²) in [7, 11) is -2.06. The molecule has 0 spiro atoms. The molecular weight excluding hydrogens is 292 g/mol. The van der Waals surface area contributed by atoms with E-state index in [1.807, 2.05) is 6.92 Å². The average Bonchev–Trinajstić information content (AvgIpc) is 3.06. The van der Waals surface area contributed by atoms with Crippen LogP contribution in [0.4, 0.5) is 0 Å². The lowest BCUT2D eigenvalue weighted by atomic mass is 10.4. The third-order valence-electron chi connectivity index (χ3n) is 3.08. The zero-order valence-corrected chi connectivity index (χ0v) is 13.0. The van der Waals surface area contributed by atoms with Gasteiger partial charge >= 0.3 is 0 Å². The number of furan rings is 1. The molecule has 7 nitrogen and oxygen atoms in total. The van der Waals surface area contributed by atoms with Gasteiger partial charge in [0.25, 0.3) is 0 Å². The summed E-state index contributed by atoms with van der Waals surface area (Å²) in [6.45, 7) is 3.15. The fourth-order valence-corrected chi connectivity index (χ4v) is 3.00. The van der Waals surface area contributed by atoms with Crippen LogP contribution < -0.4 is 5.73 Å². The Bertz CT molecular complexity index is 690. The van der Waals surface area contributed by atoms with Crippen LogP contribution >= 0.6 is 0 Å². The predicted molar refractivity (Wildman–Crippen MR) is 78.0 cm³/mol. The zero-order chi connectivity index (χ0) is 15.5. The van der Waals surface area contributed by atoms with Crippen molar-refractivity contribution in [3.63, 3.8) is 0 Å². The molecule has 0 aromatic carbocycles. The summed E-state index contributed by atoms with van der Waals surface area (Å²) < 4.78 is 33.1. The number of rotatable bonds is 7. The fourth-order valence-electron chi connectivity index (χ4n) is 1.91. The van der Waals surface area contributed by atoms with Gasteiger partial charge in [-0.05, 0) is 32.0 Å². The topological polar surface area (TPSA) is 94.4 Å². The van der Waals surface area contributed by atoms with Crippen LogP contribution in [0.5, 0.6) is 0 Å². The standard InChI is InChI=1S/C13H20N4O3S/c1-11-4-5-12(20-11)9-16(2)21(18,19)13-8-15-17(10-13)7-3-6-14/h4-5,8,10H,3,6-7,9,14H2,1-2H3. The van der Waals surface area contributed by atoms with Crippen molar-refractivity contribution in [1.82, 2.24) is 14.1 Å². The van der Waals surface area contributed by atoms with E-state index in [1.165, 1.54) is 23.7 Å². The Labute approximate surface area is 124 Å². The number of hydrogen-bond donors (Lipinski definition) is 1. The first-order chi connectivity index (χ1) is 9.93. The van der Waals surface area contributed by atoms with E-state index in [9.17, 15) is 8.42 Å². The van der Waals surface area contributed by atoms with Gasteiger partial charge in [0.15, 0.2) is 0 Å². The largest absolute Gasteiger partial charge is 0.465 e. The molecule has 21 heavy (non-hydrogen) atoms. The number of nitrogens with two attached hydrogens (primary N) is 1. The quantitative estimate of drug-likeness (QED) is 0.821. The smallest absolute Gasteiger partial charge is 0.246 e. The molecule has 2 rings (SSSR count). The van der Waals surface area contributed by atoms with Gasteiger partial charge in [0.05, 0.1) is 12.7 Å². The van der Waals surface area contributed by atoms with E-state index in [0.29, 0.717) is 18.8 Å². The van der Waals surface area contributed by atoms with Crippen LogP contribution in [0.1, 0.15) is 17.9 Å². The molecule has 0 saturated heterocycles. The molecule has 2 heterocycles. The van der Waals surface area contributed by atoms with Crippen LogP contribution in [0.25, 0.3) is 0 Å². The molecule has 0 aliphatic heterocycles. The van der Waals surface area contributed by atoms with Crippen molar-refractivity contribution in [2.45, 2.75) is 31.3 Å². The van der Waals surface area contributed by atoms with Gasteiger partial charge in [-0.2, -0.15) is 9.40 Å². The molecular formula is C13H20N4O3S. The molecule has 116 valence electrons. The highest BCUT2D eigenvalue weighted by atomic mass is 32.2. The second-order valence-electron chi connectivity index (χ2n) is 4.85. The van der Waals surface area contributed by atoms with Crippen LogP contribution in [0.15, 0.2) is 33.8 Å². The zero-order valence-electron chi connectivity index (χ0n) is 12.2. The van der Waals surface area contributed by atoms with Crippen molar-refractivity contribution in [3.05, 3.63) is 36.0 Å². The third-order valence-corrected chi connectivity index (χ3v) is 4.84. The van der Waals surface area contributed by atoms with Crippen molar-refractivity contribution < 1.29 is 12.8 Å². The van der Waals surface area contributed by atoms with Crippen LogP contribution in [-0.4, -0.2) is 36.1 Å². The van der Waals surface area contributed by atoms with E-state index in [4.69, 9.17) is 10.2 Å². The van der Waals surface area contributed by atoms with Gasteiger partial charge in [0.1, 0.15) is 16.4 Å². The number of nitrogens with zero attached hydrogens (tertiary/aromatic N) is 3. The van der Waals surface area contributed by atoms with E-state index in [2.05, 4.69) is 5.10 Å². The minimum absolute atomic E-state index is 0.172. The second-order valence-corrected chi connectivity index (χ2v) is 6.90. The number of aryl methyl sites for hydroxylation is 2. The maximum Gasteiger partial charge on any atom is 0.246 e. The Kier molecular flexibility index (Phi) is 4.81. The van der Waals surface area contributed by atoms with Gasteiger partial charge in [-0.15, -0.1) is 0 Å². The number of sulfonamides is 1. The lowest BCUT2D eigenvalue weighted by Gasteiger charge is -2.14. The highest BCUT2D eigenvalue weighted by molar-refractivity contribution is 7.89. The molecule has 0 saturated carbocycles. The summed E-state index contributed by atoms with van der Waals surface area (Å²) in [4.78, 5) is 0.172. The lowest BCUT2D eigenvalue weighted by molar-refractivity contribution is 0.397. The first-order valence-corrected chi connectivity index (χ1v) is 8.11. The first kappa shape index (κ1) is 15.7. The monoisotopic (exact) mass is 312 g/mol. The second kappa shape index (κ2) is 6.42. The molecule has 2 N–H and O–H groups in total. The fraction of sp³-hybridized carbons (Fsp3) is 0.462. The van der Waals surface area contributed by atoms with E-state index < -0.39 is 10.0 Å². The molecule has 0 radical (unpaired) electrons. The summed E-state index contributed by atoms with van der Waals surface area (Å²) in [6, 6.07) is 3.58. The Morgan fingerprint density at radius 2 is 2.19 bits per heavy atom. The van der Waals surface area contributed by atoms with Gasteiger partial charge < -0.3 is 10.2 Å². The number of aromatic nitrogens is 2. The van der Waals surface area contributed by atoms with Crippen molar-refractivity contribution in [3.8, 4) is 0 Å². The summed E-state index contributed by atoms with van der Waals surface area (Å²) in [6.07, 6.45) is 3.63. The first-order valence-electron chi connectivity index (χ1n) is 6.67. The van der Waals surface area contributed by atoms with E-state index in [1.54, 1.807) is 16.8 Å². The molecule has 0 atom stereocenters. The maximum absolute atomic E-state index is 12.4. The van der Waals surface area contributed by atoms with Crippen LogP contribution in [0, 0.1) is 6.92 Å². The Morgan fingerprint density at radius 1 is 1.43 bits per heavy atom. The summed E-state index contributed by atoms with van der Waals surface area (Å²) in [5.74, 6) is 1.36. The Balaban J connectivity index is 2.11. The highest BCUT2D eigenvalue weighted by Crippen LogP contribution is 2.17. The molecule has 0 unspecified atom stereocenters. The minimum Gasteiger partial charge on any atom is -0.465 e. The van der Waals surface area contributed by atoms with Gasteiger partial charge in [0.2, 0.25) is 10.0 Å².